The zero-order valence-corrected chi connectivity index (χ0v) is 14.3. The number of nitrogens with zero attached hydrogens (tertiary/aromatic N) is 2. The summed E-state index contributed by atoms with van der Waals surface area (Å²) in [4.78, 5) is 25.2. The summed E-state index contributed by atoms with van der Waals surface area (Å²) < 4.78 is 6.65. The van der Waals surface area contributed by atoms with Gasteiger partial charge in [-0.1, -0.05) is 62.4 Å². The van der Waals surface area contributed by atoms with Gasteiger partial charge >= 0.3 is 5.97 Å². The van der Waals surface area contributed by atoms with Gasteiger partial charge in [0.05, 0.1) is 18.5 Å². The van der Waals surface area contributed by atoms with Crippen molar-refractivity contribution in [2.24, 2.45) is 5.92 Å². The van der Waals surface area contributed by atoms with Gasteiger partial charge in [0.25, 0.3) is 5.56 Å². The van der Waals surface area contributed by atoms with E-state index < -0.39 is 5.97 Å². The molecular weight excluding hydrogens is 316 g/mol. The molecule has 0 aliphatic heterocycles. The van der Waals surface area contributed by atoms with E-state index in [0.29, 0.717) is 23.9 Å². The minimum atomic E-state index is -0.508. The standard InChI is InChI=1S/C20H20N2O3/c1-14(2)13-25-20(24)18-16-10-6-7-11-17(16)19(23)22(21-18)12-15-8-4-3-5-9-15/h3-11,14H,12-13H2,1-2H3. The van der Waals surface area contributed by atoms with Crippen molar-refractivity contribution >= 4 is 16.7 Å². The Balaban J connectivity index is 2.07. The van der Waals surface area contributed by atoms with Crippen molar-refractivity contribution in [3.05, 3.63) is 76.2 Å². The van der Waals surface area contributed by atoms with Crippen LogP contribution < -0.4 is 5.56 Å². The van der Waals surface area contributed by atoms with Crippen LogP contribution in [0.2, 0.25) is 0 Å². The lowest BCUT2D eigenvalue weighted by Gasteiger charge is -2.12. The molecule has 0 radical (unpaired) electrons. The largest absolute Gasteiger partial charge is 0.461 e. The molecule has 0 amide bonds. The molecule has 0 bridgehead atoms. The predicted molar refractivity (Wildman–Crippen MR) is 96.7 cm³/mol. The first-order chi connectivity index (χ1) is 12.1. The minimum absolute atomic E-state index is 0.173. The van der Waals surface area contributed by atoms with Gasteiger partial charge in [-0.25, -0.2) is 9.48 Å². The third-order valence-electron chi connectivity index (χ3n) is 3.78. The number of rotatable bonds is 5. The quantitative estimate of drug-likeness (QED) is 0.671. The van der Waals surface area contributed by atoms with Crippen LogP contribution in [0.3, 0.4) is 0 Å². The molecule has 3 rings (SSSR count). The fourth-order valence-corrected chi connectivity index (χ4v) is 2.56. The van der Waals surface area contributed by atoms with E-state index in [1.807, 2.05) is 44.2 Å². The topological polar surface area (TPSA) is 61.2 Å². The summed E-state index contributed by atoms with van der Waals surface area (Å²) in [7, 11) is 0. The molecule has 128 valence electrons. The molecule has 25 heavy (non-hydrogen) atoms. The number of aromatic nitrogens is 2. The molecule has 1 aromatic heterocycles. The van der Waals surface area contributed by atoms with Gasteiger partial charge in [-0.05, 0) is 17.5 Å². The Labute approximate surface area is 145 Å². The summed E-state index contributed by atoms with van der Waals surface area (Å²) >= 11 is 0. The molecule has 0 unspecified atom stereocenters. The van der Waals surface area contributed by atoms with Crippen molar-refractivity contribution in [3.8, 4) is 0 Å². The maximum absolute atomic E-state index is 12.7. The van der Waals surface area contributed by atoms with Crippen molar-refractivity contribution in [1.82, 2.24) is 9.78 Å². The second kappa shape index (κ2) is 7.30. The molecule has 1 heterocycles. The first-order valence-corrected chi connectivity index (χ1v) is 8.27. The molecule has 0 spiro atoms. The van der Waals surface area contributed by atoms with Crippen LogP contribution in [-0.2, 0) is 11.3 Å². The average Bonchev–Trinajstić information content (AvgIpc) is 2.63. The molecule has 0 atom stereocenters. The molecule has 2 aromatic carbocycles. The minimum Gasteiger partial charge on any atom is -0.461 e. The van der Waals surface area contributed by atoms with Crippen LogP contribution in [-0.4, -0.2) is 22.4 Å². The third-order valence-corrected chi connectivity index (χ3v) is 3.78. The lowest BCUT2D eigenvalue weighted by molar-refractivity contribution is 0.0451. The number of hydrogen-bond acceptors (Lipinski definition) is 4. The van der Waals surface area contributed by atoms with Crippen LogP contribution in [0.4, 0.5) is 0 Å². The summed E-state index contributed by atoms with van der Waals surface area (Å²) in [6.45, 7) is 4.55. The van der Waals surface area contributed by atoms with Crippen molar-refractivity contribution in [2.75, 3.05) is 6.61 Å². The van der Waals surface area contributed by atoms with Gasteiger partial charge in [-0.15, -0.1) is 0 Å². The van der Waals surface area contributed by atoms with Crippen LogP contribution in [0.25, 0.3) is 10.8 Å². The van der Waals surface area contributed by atoms with Gasteiger partial charge < -0.3 is 4.74 Å². The van der Waals surface area contributed by atoms with Gasteiger partial charge in [0.1, 0.15) is 0 Å². The van der Waals surface area contributed by atoms with Crippen LogP contribution in [0, 0.1) is 5.92 Å². The molecule has 5 nitrogen and oxygen atoms in total. The molecule has 3 aromatic rings. The molecule has 0 aliphatic carbocycles. The van der Waals surface area contributed by atoms with Crippen LogP contribution in [0.15, 0.2) is 59.4 Å². The zero-order valence-electron chi connectivity index (χ0n) is 14.3. The highest BCUT2D eigenvalue weighted by Crippen LogP contribution is 2.15. The SMILES string of the molecule is CC(C)COC(=O)c1nn(Cc2ccccc2)c(=O)c2ccccc12. The molecular formula is C20H20N2O3. The molecule has 0 saturated heterocycles. The van der Waals surface area contributed by atoms with E-state index >= 15 is 0 Å². The van der Waals surface area contributed by atoms with E-state index in [1.54, 1.807) is 24.3 Å². The van der Waals surface area contributed by atoms with Crippen molar-refractivity contribution in [1.29, 1.82) is 0 Å². The smallest absolute Gasteiger partial charge is 0.359 e. The van der Waals surface area contributed by atoms with Crippen LogP contribution in [0.5, 0.6) is 0 Å². The highest BCUT2D eigenvalue weighted by molar-refractivity contribution is 6.02. The molecule has 0 saturated carbocycles. The molecule has 5 heteroatoms. The Hall–Kier alpha value is -2.95. The van der Waals surface area contributed by atoms with Gasteiger partial charge in [-0.2, -0.15) is 5.10 Å². The molecule has 0 N–H and O–H groups in total. The first kappa shape index (κ1) is 16.9. The summed E-state index contributed by atoms with van der Waals surface area (Å²) in [6, 6.07) is 16.5. The number of esters is 1. The fraction of sp³-hybridized carbons (Fsp3) is 0.250. The monoisotopic (exact) mass is 336 g/mol. The number of carbonyl (C=O) groups is 1. The van der Waals surface area contributed by atoms with Gasteiger partial charge in [0.15, 0.2) is 5.69 Å². The fourth-order valence-electron chi connectivity index (χ4n) is 2.56. The van der Waals surface area contributed by atoms with Gasteiger partial charge in [0.2, 0.25) is 0 Å². The Morgan fingerprint density at radius 3 is 2.36 bits per heavy atom. The average molecular weight is 336 g/mol. The van der Waals surface area contributed by atoms with E-state index in [1.165, 1.54) is 4.68 Å². The number of benzene rings is 2. The first-order valence-electron chi connectivity index (χ1n) is 8.27. The van der Waals surface area contributed by atoms with E-state index in [2.05, 4.69) is 5.10 Å². The molecule has 0 aliphatic rings. The lowest BCUT2D eigenvalue weighted by atomic mass is 10.1. The zero-order chi connectivity index (χ0) is 17.8. The third kappa shape index (κ3) is 3.76. The predicted octanol–water partition coefficient (Wildman–Crippen LogP) is 3.26. The highest BCUT2D eigenvalue weighted by Gasteiger charge is 2.18. The summed E-state index contributed by atoms with van der Waals surface area (Å²) in [6.07, 6.45) is 0. The second-order valence-electron chi connectivity index (χ2n) is 6.33. The Kier molecular flexibility index (Phi) is 4.93. The number of fused-ring (bicyclic) bond motifs is 1. The van der Waals surface area contributed by atoms with E-state index in [4.69, 9.17) is 4.74 Å². The van der Waals surface area contributed by atoms with E-state index in [-0.39, 0.29) is 17.2 Å². The maximum Gasteiger partial charge on any atom is 0.359 e. The summed E-state index contributed by atoms with van der Waals surface area (Å²) in [5, 5.41) is 5.29. The molecule has 0 fully saturated rings. The van der Waals surface area contributed by atoms with Crippen LogP contribution in [0.1, 0.15) is 29.9 Å². The Bertz CT molecular complexity index is 946. The Morgan fingerprint density at radius 1 is 1.04 bits per heavy atom. The number of carbonyl (C=O) groups excluding carboxylic acids is 1. The van der Waals surface area contributed by atoms with Crippen molar-refractivity contribution in [3.63, 3.8) is 0 Å². The maximum atomic E-state index is 12.7. The van der Waals surface area contributed by atoms with Gasteiger partial charge in [0, 0.05) is 5.39 Å². The van der Waals surface area contributed by atoms with E-state index in [9.17, 15) is 9.59 Å². The normalized spacial score (nSPS) is 11.0. The highest BCUT2D eigenvalue weighted by atomic mass is 16.5. The second-order valence-corrected chi connectivity index (χ2v) is 6.33. The van der Waals surface area contributed by atoms with Crippen molar-refractivity contribution < 1.29 is 9.53 Å². The lowest BCUT2D eigenvalue weighted by Crippen LogP contribution is -2.27. The Morgan fingerprint density at radius 2 is 1.68 bits per heavy atom. The van der Waals surface area contributed by atoms with Gasteiger partial charge in [-0.3, -0.25) is 4.79 Å². The summed E-state index contributed by atoms with van der Waals surface area (Å²) in [5.41, 5.74) is 0.889. The van der Waals surface area contributed by atoms with E-state index in [0.717, 1.165) is 5.56 Å². The number of hydrogen-bond donors (Lipinski definition) is 0. The van der Waals surface area contributed by atoms with Crippen molar-refractivity contribution in [2.45, 2.75) is 20.4 Å². The van der Waals surface area contributed by atoms with Crippen LogP contribution >= 0.6 is 0 Å². The number of ether oxygens (including phenoxy) is 1. The summed E-state index contributed by atoms with van der Waals surface area (Å²) in [5.74, 6) is -0.280.